The first-order valence-electron chi connectivity index (χ1n) is 8.08. The number of halogens is 2. The summed E-state index contributed by atoms with van der Waals surface area (Å²) in [7, 11) is 0. The second-order valence-corrected chi connectivity index (χ2v) is 7.41. The third-order valence-electron chi connectivity index (χ3n) is 4.34. The molecule has 4 aromatic rings. The number of hydrogen-bond donors (Lipinski definition) is 1. The van der Waals surface area contributed by atoms with Crippen molar-refractivity contribution in [1.82, 2.24) is 14.8 Å². The molecule has 0 amide bonds. The van der Waals surface area contributed by atoms with Crippen LogP contribution in [0.1, 0.15) is 16.1 Å². The maximum atomic E-state index is 11.8. The highest BCUT2D eigenvalue weighted by Gasteiger charge is 2.17. The number of hydrogen-bond acceptors (Lipinski definition) is 3. The molecule has 2 heterocycles. The van der Waals surface area contributed by atoms with Gasteiger partial charge in [0.05, 0.1) is 34.4 Å². The number of carbonyl (C=O) groups is 1. The Kier molecular flexibility index (Phi) is 4.45. The van der Waals surface area contributed by atoms with Crippen LogP contribution in [0.25, 0.3) is 27.8 Å². The minimum Gasteiger partial charge on any atom is -0.478 e. The third kappa shape index (κ3) is 3.22. The van der Waals surface area contributed by atoms with Crippen LogP contribution in [0.3, 0.4) is 0 Å². The monoisotopic (exact) mass is 441 g/mol. The van der Waals surface area contributed by atoms with Crippen LogP contribution in [0, 0.1) is 6.92 Å². The van der Waals surface area contributed by atoms with E-state index in [9.17, 15) is 9.90 Å². The molecular weight excluding hydrogens is 430 g/mol. The van der Waals surface area contributed by atoms with E-state index in [4.69, 9.17) is 11.6 Å². The van der Waals surface area contributed by atoms with Crippen molar-refractivity contribution < 1.29 is 9.90 Å². The summed E-state index contributed by atoms with van der Waals surface area (Å²) in [5, 5.41) is 15.3. The molecule has 0 atom stereocenters. The Balaban J connectivity index is 1.91. The van der Waals surface area contributed by atoms with Crippen LogP contribution in [0.2, 0.25) is 5.02 Å². The van der Waals surface area contributed by atoms with Crippen molar-refractivity contribution in [3.05, 3.63) is 75.5 Å². The van der Waals surface area contributed by atoms with Crippen molar-refractivity contribution in [2.24, 2.45) is 0 Å². The number of pyridine rings is 1. The topological polar surface area (TPSA) is 68.0 Å². The van der Waals surface area contributed by atoms with E-state index in [2.05, 4.69) is 26.0 Å². The van der Waals surface area contributed by atoms with E-state index in [0.717, 1.165) is 21.4 Å². The van der Waals surface area contributed by atoms with E-state index in [-0.39, 0.29) is 5.56 Å². The molecule has 0 saturated heterocycles. The van der Waals surface area contributed by atoms with Crippen LogP contribution in [0.4, 0.5) is 0 Å². The first kappa shape index (κ1) is 17.7. The molecule has 2 aromatic carbocycles. The van der Waals surface area contributed by atoms with Crippen LogP contribution < -0.4 is 0 Å². The van der Waals surface area contributed by atoms with Crippen molar-refractivity contribution in [3.8, 4) is 16.9 Å². The van der Waals surface area contributed by atoms with Gasteiger partial charge >= 0.3 is 5.97 Å². The highest BCUT2D eigenvalue weighted by molar-refractivity contribution is 9.10. The van der Waals surface area contributed by atoms with E-state index in [0.29, 0.717) is 21.6 Å². The highest BCUT2D eigenvalue weighted by atomic mass is 79.9. The first-order valence-corrected chi connectivity index (χ1v) is 9.25. The Labute approximate surface area is 168 Å². The number of benzene rings is 2. The van der Waals surface area contributed by atoms with E-state index >= 15 is 0 Å². The molecule has 0 aliphatic heterocycles. The van der Waals surface area contributed by atoms with Gasteiger partial charge < -0.3 is 5.11 Å². The fourth-order valence-electron chi connectivity index (χ4n) is 3.04. The molecule has 0 fully saturated rings. The van der Waals surface area contributed by atoms with Gasteiger partial charge in [0.15, 0.2) is 0 Å². The van der Waals surface area contributed by atoms with Gasteiger partial charge in [-0.05, 0) is 49.4 Å². The van der Waals surface area contributed by atoms with Gasteiger partial charge in [0.25, 0.3) is 0 Å². The fraction of sp³-hybridized carbons (Fsp3) is 0.0500. The minimum atomic E-state index is -0.998. The summed E-state index contributed by atoms with van der Waals surface area (Å²) < 4.78 is 2.56. The Bertz CT molecular complexity index is 1200. The predicted molar refractivity (Wildman–Crippen MR) is 109 cm³/mol. The smallest absolute Gasteiger partial charge is 0.336 e. The van der Waals surface area contributed by atoms with Crippen molar-refractivity contribution >= 4 is 44.4 Å². The lowest BCUT2D eigenvalue weighted by Crippen LogP contribution is -2.01. The molecule has 27 heavy (non-hydrogen) atoms. The summed E-state index contributed by atoms with van der Waals surface area (Å²) in [6.07, 6.45) is 1.69. The molecule has 0 unspecified atom stereocenters. The van der Waals surface area contributed by atoms with E-state index < -0.39 is 5.97 Å². The third-order valence-corrected chi connectivity index (χ3v) is 5.07. The number of carboxylic acids is 1. The maximum Gasteiger partial charge on any atom is 0.336 e. The molecule has 2 aromatic heterocycles. The van der Waals surface area contributed by atoms with E-state index in [1.807, 2.05) is 31.2 Å². The molecule has 0 saturated carbocycles. The molecular formula is C20H13BrClN3O2. The predicted octanol–water partition coefficient (Wildman–Crippen LogP) is 5.51. The zero-order chi connectivity index (χ0) is 19.1. The molecule has 7 heteroatoms. The Hall–Kier alpha value is -2.70. The van der Waals surface area contributed by atoms with Crippen molar-refractivity contribution in [2.45, 2.75) is 6.92 Å². The normalized spacial score (nSPS) is 11.1. The second kappa shape index (κ2) is 6.79. The lowest BCUT2D eigenvalue weighted by atomic mass is 10.0. The zero-order valence-corrected chi connectivity index (χ0v) is 16.5. The molecule has 1 N–H and O–H groups in total. The van der Waals surface area contributed by atoms with Gasteiger partial charge in [0.2, 0.25) is 0 Å². The van der Waals surface area contributed by atoms with Crippen LogP contribution in [0.5, 0.6) is 0 Å². The summed E-state index contributed by atoms with van der Waals surface area (Å²) >= 11 is 9.46. The number of carboxylic acid groups (broad SMARTS) is 1. The first-order chi connectivity index (χ1) is 12.9. The SMILES string of the molecule is Cc1c(-c2cc(C(=O)O)c3cc(Br)ccc3n2)cnn1-c1cccc(Cl)c1. The molecule has 0 bridgehead atoms. The highest BCUT2D eigenvalue weighted by Crippen LogP contribution is 2.30. The molecule has 0 aliphatic rings. The van der Waals surface area contributed by atoms with E-state index in [1.54, 1.807) is 35.1 Å². The number of aromatic nitrogens is 3. The van der Waals surface area contributed by atoms with Crippen molar-refractivity contribution in [3.63, 3.8) is 0 Å². The zero-order valence-electron chi connectivity index (χ0n) is 14.1. The quantitative estimate of drug-likeness (QED) is 0.454. The maximum absolute atomic E-state index is 11.8. The van der Waals surface area contributed by atoms with Gasteiger partial charge in [-0.2, -0.15) is 5.10 Å². The standard InChI is InChI=1S/C20H13BrClN3O2/c1-11-17(10-23-25(11)14-4-2-3-13(22)8-14)19-9-16(20(26)27)15-7-12(21)5-6-18(15)24-19/h2-10H,1H3,(H,26,27). The van der Waals surface area contributed by atoms with E-state index in [1.165, 1.54) is 0 Å². The number of aromatic carboxylic acids is 1. The van der Waals surface area contributed by atoms with Gasteiger partial charge in [-0.25, -0.2) is 14.5 Å². The fourth-order valence-corrected chi connectivity index (χ4v) is 3.59. The summed E-state index contributed by atoms with van der Waals surface area (Å²) in [6.45, 7) is 1.91. The molecule has 134 valence electrons. The molecule has 0 aliphatic carbocycles. The van der Waals surface area contributed by atoms with Crippen LogP contribution in [0.15, 0.2) is 59.2 Å². The van der Waals surface area contributed by atoms with Gasteiger partial charge in [0.1, 0.15) is 0 Å². The van der Waals surface area contributed by atoms with Crippen molar-refractivity contribution in [1.29, 1.82) is 0 Å². The Morgan fingerprint density at radius 3 is 2.74 bits per heavy atom. The lowest BCUT2D eigenvalue weighted by molar-refractivity contribution is 0.0699. The number of nitrogens with zero attached hydrogens (tertiary/aromatic N) is 3. The van der Waals surface area contributed by atoms with Gasteiger partial charge in [-0.3, -0.25) is 0 Å². The molecule has 0 spiro atoms. The largest absolute Gasteiger partial charge is 0.478 e. The van der Waals surface area contributed by atoms with Gasteiger partial charge in [-0.1, -0.05) is 33.6 Å². The van der Waals surface area contributed by atoms with Crippen LogP contribution in [-0.2, 0) is 0 Å². The summed E-state index contributed by atoms with van der Waals surface area (Å²) in [4.78, 5) is 16.4. The lowest BCUT2D eigenvalue weighted by Gasteiger charge is -2.08. The summed E-state index contributed by atoms with van der Waals surface area (Å²) in [6, 6.07) is 14.4. The van der Waals surface area contributed by atoms with Crippen molar-refractivity contribution in [2.75, 3.05) is 0 Å². The van der Waals surface area contributed by atoms with Gasteiger partial charge in [0, 0.05) is 20.4 Å². The van der Waals surface area contributed by atoms with Crippen LogP contribution >= 0.6 is 27.5 Å². The van der Waals surface area contributed by atoms with Crippen LogP contribution in [-0.4, -0.2) is 25.8 Å². The second-order valence-electron chi connectivity index (χ2n) is 6.06. The Morgan fingerprint density at radius 2 is 2.00 bits per heavy atom. The van der Waals surface area contributed by atoms with Gasteiger partial charge in [-0.15, -0.1) is 0 Å². The number of fused-ring (bicyclic) bond motifs is 1. The molecule has 5 nitrogen and oxygen atoms in total. The summed E-state index contributed by atoms with van der Waals surface area (Å²) in [5.41, 5.74) is 3.82. The number of rotatable bonds is 3. The summed E-state index contributed by atoms with van der Waals surface area (Å²) in [5.74, 6) is -0.998. The minimum absolute atomic E-state index is 0.200. The average Bonchev–Trinajstić information content (AvgIpc) is 3.02. The Morgan fingerprint density at radius 1 is 1.19 bits per heavy atom. The molecule has 0 radical (unpaired) electrons. The molecule has 4 rings (SSSR count). The average molecular weight is 443 g/mol.